The molecule has 0 aliphatic carbocycles. The quantitative estimate of drug-likeness (QED) is 0.597. The number of benzene rings is 1. The molecule has 0 aliphatic heterocycles. The van der Waals surface area contributed by atoms with Crippen molar-refractivity contribution >= 4 is 27.6 Å². The van der Waals surface area contributed by atoms with Crippen LogP contribution >= 0.6 is 15.9 Å². The number of nitrogens with one attached hydrogen (secondary N) is 2. The van der Waals surface area contributed by atoms with Crippen molar-refractivity contribution in [3.8, 4) is 11.7 Å². The summed E-state index contributed by atoms with van der Waals surface area (Å²) in [7, 11) is 0. The molecule has 0 saturated carbocycles. The molecule has 2 N–H and O–H groups in total. The topological polar surface area (TPSA) is 107 Å². The van der Waals surface area contributed by atoms with Crippen molar-refractivity contribution in [2.75, 3.05) is 11.9 Å². The Morgan fingerprint density at radius 1 is 1.32 bits per heavy atom. The van der Waals surface area contributed by atoms with Gasteiger partial charge in [0.15, 0.2) is 5.82 Å². The van der Waals surface area contributed by atoms with Crippen LogP contribution in [0.4, 0.5) is 14.9 Å². The summed E-state index contributed by atoms with van der Waals surface area (Å²) in [4.78, 5) is 24.8. The molecular weight excluding hydrogens is 433 g/mol. The van der Waals surface area contributed by atoms with Crippen molar-refractivity contribution in [1.82, 2.24) is 30.0 Å². The van der Waals surface area contributed by atoms with Gasteiger partial charge in [0.25, 0.3) is 5.95 Å². The van der Waals surface area contributed by atoms with E-state index in [0.717, 1.165) is 0 Å². The third-order valence-corrected chi connectivity index (χ3v) is 4.23. The molecule has 0 aliphatic rings. The van der Waals surface area contributed by atoms with Gasteiger partial charge in [-0.1, -0.05) is 0 Å². The van der Waals surface area contributed by atoms with Crippen LogP contribution in [0.1, 0.15) is 25.7 Å². The van der Waals surface area contributed by atoms with Crippen LogP contribution in [0, 0.1) is 5.82 Å². The Bertz CT molecular complexity index is 967. The maximum absolute atomic E-state index is 13.9. The zero-order valence-electron chi connectivity index (χ0n) is 15.1. The lowest BCUT2D eigenvalue weighted by atomic mass is 10.2. The molecule has 0 spiro atoms. The van der Waals surface area contributed by atoms with Gasteiger partial charge in [-0.05, 0) is 41.9 Å². The van der Waals surface area contributed by atoms with Crippen LogP contribution in [-0.2, 0) is 0 Å². The molecule has 0 bridgehead atoms. The first-order chi connectivity index (χ1) is 13.5. The molecule has 2 heterocycles. The van der Waals surface area contributed by atoms with Gasteiger partial charge in [-0.15, -0.1) is 0 Å². The van der Waals surface area contributed by atoms with Crippen LogP contribution in [0.5, 0.6) is 5.75 Å². The second kappa shape index (κ2) is 8.74. The van der Waals surface area contributed by atoms with E-state index in [0.29, 0.717) is 24.1 Å². The molecule has 3 rings (SSSR count). The average Bonchev–Trinajstić information content (AvgIpc) is 3.16. The molecule has 3 aromatic rings. The molecule has 11 heteroatoms. The van der Waals surface area contributed by atoms with Crippen molar-refractivity contribution in [3.05, 3.63) is 53.0 Å². The van der Waals surface area contributed by atoms with E-state index in [-0.39, 0.29) is 10.2 Å². The van der Waals surface area contributed by atoms with E-state index >= 15 is 0 Å². The number of aromatic nitrogens is 5. The van der Waals surface area contributed by atoms with Crippen LogP contribution in [-0.4, -0.2) is 37.4 Å². The first-order valence-electron chi connectivity index (χ1n) is 8.36. The van der Waals surface area contributed by atoms with E-state index in [9.17, 15) is 9.18 Å². The summed E-state index contributed by atoms with van der Waals surface area (Å²) in [6.45, 7) is 3.89. The van der Waals surface area contributed by atoms with Crippen LogP contribution in [0.2, 0.25) is 0 Å². The highest BCUT2D eigenvalue weighted by atomic mass is 79.9. The fourth-order valence-electron chi connectivity index (χ4n) is 2.42. The van der Waals surface area contributed by atoms with Crippen molar-refractivity contribution in [1.29, 1.82) is 0 Å². The molecule has 146 valence electrons. The molecule has 1 atom stereocenters. The summed E-state index contributed by atoms with van der Waals surface area (Å²) >= 11 is 3.10. The lowest BCUT2D eigenvalue weighted by Crippen LogP contribution is -2.33. The van der Waals surface area contributed by atoms with E-state index in [1.807, 2.05) is 0 Å². The molecule has 28 heavy (non-hydrogen) atoms. The van der Waals surface area contributed by atoms with E-state index in [1.165, 1.54) is 23.1 Å². The number of ether oxygens (including phenoxy) is 1. The third-order valence-electron chi connectivity index (χ3n) is 3.62. The molecule has 0 fully saturated rings. The largest absolute Gasteiger partial charge is 0.492 e. The monoisotopic (exact) mass is 449 g/mol. The van der Waals surface area contributed by atoms with Gasteiger partial charge in [0.05, 0.1) is 22.8 Å². The van der Waals surface area contributed by atoms with Gasteiger partial charge in [-0.25, -0.2) is 24.1 Å². The average molecular weight is 450 g/mol. The predicted octanol–water partition coefficient (Wildman–Crippen LogP) is 3.24. The molecule has 1 aromatic carbocycles. The number of halogens is 2. The standard InChI is InChI=1S/C17H17BrFN7O2/c1-3-28-14-7-11(18)12(19)8-13(14)25-17(27)24-10(2)15-22-9-23-26(15)16-20-5-4-6-21-16/h4-10H,3H2,1-2H3,(H2,24,25,27). The number of urea groups is 1. The van der Waals surface area contributed by atoms with Gasteiger partial charge in [0.2, 0.25) is 0 Å². The maximum atomic E-state index is 13.9. The van der Waals surface area contributed by atoms with E-state index in [2.05, 4.69) is 46.6 Å². The third kappa shape index (κ3) is 4.42. The van der Waals surface area contributed by atoms with Gasteiger partial charge in [0, 0.05) is 18.5 Å². The van der Waals surface area contributed by atoms with Gasteiger partial charge in [0.1, 0.15) is 17.9 Å². The predicted molar refractivity (Wildman–Crippen MR) is 103 cm³/mol. The van der Waals surface area contributed by atoms with Gasteiger partial charge >= 0.3 is 6.03 Å². The molecular formula is C17H17BrFN7O2. The van der Waals surface area contributed by atoms with E-state index < -0.39 is 17.9 Å². The Labute approximate surface area is 168 Å². The number of carbonyl (C=O) groups is 1. The number of carbonyl (C=O) groups excluding carboxylic acids is 1. The van der Waals surface area contributed by atoms with Gasteiger partial charge in [-0.3, -0.25) is 0 Å². The SMILES string of the molecule is CCOc1cc(Br)c(F)cc1NC(=O)NC(C)c1ncnn1-c1ncccn1. The lowest BCUT2D eigenvalue weighted by Gasteiger charge is -2.16. The minimum absolute atomic E-state index is 0.208. The molecule has 9 nitrogen and oxygen atoms in total. The number of anilines is 1. The fourth-order valence-corrected chi connectivity index (χ4v) is 2.74. The minimum Gasteiger partial charge on any atom is -0.492 e. The number of hydrogen-bond acceptors (Lipinski definition) is 6. The number of amides is 2. The number of hydrogen-bond donors (Lipinski definition) is 2. The van der Waals surface area contributed by atoms with Crippen LogP contribution in [0.3, 0.4) is 0 Å². The maximum Gasteiger partial charge on any atom is 0.319 e. The van der Waals surface area contributed by atoms with Crippen LogP contribution in [0.25, 0.3) is 5.95 Å². The zero-order valence-corrected chi connectivity index (χ0v) is 16.6. The smallest absolute Gasteiger partial charge is 0.319 e. The highest BCUT2D eigenvalue weighted by Crippen LogP contribution is 2.31. The van der Waals surface area contributed by atoms with Crippen molar-refractivity contribution in [2.24, 2.45) is 0 Å². The molecule has 2 amide bonds. The Hall–Kier alpha value is -3.08. The highest BCUT2D eigenvalue weighted by Gasteiger charge is 2.19. The summed E-state index contributed by atoms with van der Waals surface area (Å²) in [5.74, 6) is 0.596. The number of rotatable bonds is 6. The van der Waals surface area contributed by atoms with Gasteiger partial charge < -0.3 is 15.4 Å². The lowest BCUT2D eigenvalue weighted by molar-refractivity contribution is 0.248. The second-order valence-electron chi connectivity index (χ2n) is 5.59. The van der Waals surface area contributed by atoms with Crippen molar-refractivity contribution in [3.63, 3.8) is 0 Å². The molecule has 0 radical (unpaired) electrons. The first kappa shape index (κ1) is 19.7. The van der Waals surface area contributed by atoms with E-state index in [1.54, 1.807) is 32.3 Å². The van der Waals surface area contributed by atoms with Crippen molar-refractivity contribution < 1.29 is 13.9 Å². The van der Waals surface area contributed by atoms with Crippen LogP contribution < -0.4 is 15.4 Å². The Morgan fingerprint density at radius 3 is 2.79 bits per heavy atom. The minimum atomic E-state index is -0.557. The summed E-state index contributed by atoms with van der Waals surface area (Å²) in [6.07, 6.45) is 4.50. The van der Waals surface area contributed by atoms with Crippen molar-refractivity contribution in [2.45, 2.75) is 19.9 Å². The summed E-state index contributed by atoms with van der Waals surface area (Å²) in [5.41, 5.74) is 0.208. The Balaban J connectivity index is 1.75. The second-order valence-corrected chi connectivity index (χ2v) is 6.45. The number of nitrogens with zero attached hydrogens (tertiary/aromatic N) is 5. The molecule has 1 unspecified atom stereocenters. The Kier molecular flexibility index (Phi) is 6.14. The Morgan fingerprint density at radius 2 is 2.07 bits per heavy atom. The highest BCUT2D eigenvalue weighted by molar-refractivity contribution is 9.10. The zero-order chi connectivity index (χ0) is 20.1. The summed E-state index contributed by atoms with van der Waals surface area (Å²) in [5, 5.41) is 9.41. The summed E-state index contributed by atoms with van der Waals surface area (Å²) in [6, 6.07) is 3.24. The normalized spacial score (nSPS) is 11.7. The first-order valence-corrected chi connectivity index (χ1v) is 9.15. The molecule has 0 saturated heterocycles. The van der Waals surface area contributed by atoms with Crippen LogP contribution in [0.15, 0.2) is 41.4 Å². The van der Waals surface area contributed by atoms with E-state index in [4.69, 9.17) is 4.74 Å². The summed E-state index contributed by atoms with van der Waals surface area (Å²) < 4.78 is 21.0. The van der Waals surface area contributed by atoms with Gasteiger partial charge in [-0.2, -0.15) is 9.78 Å². The molecule has 2 aromatic heterocycles. The fraction of sp³-hybridized carbons (Fsp3) is 0.235.